The van der Waals surface area contributed by atoms with Crippen molar-refractivity contribution in [3.05, 3.63) is 47.2 Å². The van der Waals surface area contributed by atoms with Gasteiger partial charge in [0.25, 0.3) is 0 Å². The first-order valence-corrected chi connectivity index (χ1v) is 7.76. The number of thiophene rings is 2. The lowest BCUT2D eigenvalue weighted by Crippen LogP contribution is -1.75. The second-order valence-corrected chi connectivity index (χ2v) is 6.50. The average molecular weight is 303 g/mol. The van der Waals surface area contributed by atoms with Crippen LogP contribution in [0, 0.1) is 0 Å². The van der Waals surface area contributed by atoms with Crippen molar-refractivity contribution in [2.75, 3.05) is 0 Å². The van der Waals surface area contributed by atoms with Gasteiger partial charge in [-0.05, 0) is 29.6 Å². The highest BCUT2D eigenvalue weighted by atomic mass is 35.5. The van der Waals surface area contributed by atoms with E-state index in [2.05, 4.69) is 33.5 Å². The summed E-state index contributed by atoms with van der Waals surface area (Å²) < 4.78 is 1.15. The van der Waals surface area contributed by atoms with E-state index in [-0.39, 0.29) is 0 Å². The minimum Gasteiger partial charge on any atom is -0.245 e. The molecule has 0 saturated carbocycles. The fourth-order valence-electron chi connectivity index (χ4n) is 2.07. The van der Waals surface area contributed by atoms with Crippen LogP contribution < -0.4 is 0 Å². The minimum absolute atomic E-state index is 0.560. The summed E-state index contributed by atoms with van der Waals surface area (Å²) in [5.41, 5.74) is 1.13. The molecular weight excluding hydrogens is 296 g/mol. The van der Waals surface area contributed by atoms with Crippen LogP contribution in [0.4, 0.5) is 0 Å². The molecule has 0 aliphatic rings. The molecule has 19 heavy (non-hydrogen) atoms. The zero-order valence-corrected chi connectivity index (χ0v) is 12.0. The van der Waals surface area contributed by atoms with Crippen LogP contribution in [-0.2, 0) is 0 Å². The molecule has 0 aliphatic heterocycles. The van der Waals surface area contributed by atoms with Crippen LogP contribution in [0.25, 0.3) is 30.7 Å². The van der Waals surface area contributed by atoms with E-state index in [9.17, 15) is 0 Å². The van der Waals surface area contributed by atoms with Crippen molar-refractivity contribution >= 4 is 54.6 Å². The molecule has 4 aromatic heterocycles. The molecule has 4 rings (SSSR count). The lowest BCUT2D eigenvalue weighted by molar-refractivity contribution is 1.37. The zero-order chi connectivity index (χ0) is 12.8. The predicted octanol–water partition coefficient (Wildman–Crippen LogP) is 5.23. The Morgan fingerprint density at radius 2 is 2.05 bits per heavy atom. The third-order valence-corrected chi connectivity index (χ3v) is 5.27. The van der Waals surface area contributed by atoms with Gasteiger partial charge < -0.3 is 0 Å². The molecule has 0 N–H and O–H groups in total. The topological polar surface area (TPSA) is 25.8 Å². The number of fused-ring (bicyclic) bond motifs is 2. The Bertz CT molecular complexity index is 895. The van der Waals surface area contributed by atoms with Crippen molar-refractivity contribution < 1.29 is 0 Å². The molecule has 0 radical (unpaired) electrons. The molecule has 5 heteroatoms. The SMILES string of the molecule is Clc1nccc2sc(-c3cnc4sccc4c3)cc12. The molecule has 4 heterocycles. The Kier molecular flexibility index (Phi) is 2.55. The van der Waals surface area contributed by atoms with Crippen molar-refractivity contribution in [3.63, 3.8) is 0 Å². The van der Waals surface area contributed by atoms with Gasteiger partial charge in [-0.25, -0.2) is 9.97 Å². The Balaban J connectivity index is 1.95. The van der Waals surface area contributed by atoms with Gasteiger partial charge in [0.1, 0.15) is 9.98 Å². The molecule has 0 spiro atoms. The van der Waals surface area contributed by atoms with Crippen LogP contribution in [0.5, 0.6) is 0 Å². The van der Waals surface area contributed by atoms with Gasteiger partial charge in [0, 0.05) is 38.3 Å². The minimum atomic E-state index is 0.560. The van der Waals surface area contributed by atoms with Gasteiger partial charge >= 0.3 is 0 Å². The number of hydrogen-bond donors (Lipinski definition) is 0. The average Bonchev–Trinajstić information content (AvgIpc) is 3.04. The maximum atomic E-state index is 6.12. The number of pyridine rings is 2. The van der Waals surface area contributed by atoms with E-state index in [4.69, 9.17) is 11.6 Å². The fraction of sp³-hybridized carbons (Fsp3) is 0. The third-order valence-electron chi connectivity index (χ3n) is 2.99. The highest BCUT2D eigenvalue weighted by molar-refractivity contribution is 7.22. The standard InChI is InChI=1S/C14H7ClN2S2/c15-13-10-6-12(19-11(10)1-3-16-13)9-5-8-2-4-18-14(8)17-7-9/h1-7H. The third kappa shape index (κ3) is 1.84. The molecule has 92 valence electrons. The molecule has 0 bridgehead atoms. The van der Waals surface area contributed by atoms with Gasteiger partial charge in [0.15, 0.2) is 0 Å². The maximum absolute atomic E-state index is 6.12. The van der Waals surface area contributed by atoms with E-state index in [0.29, 0.717) is 5.15 Å². The van der Waals surface area contributed by atoms with Gasteiger partial charge in [0.2, 0.25) is 0 Å². The summed E-state index contributed by atoms with van der Waals surface area (Å²) in [6.45, 7) is 0. The van der Waals surface area contributed by atoms with Crippen molar-refractivity contribution in [3.8, 4) is 10.4 Å². The molecule has 4 aromatic rings. The van der Waals surface area contributed by atoms with Crippen LogP contribution in [-0.4, -0.2) is 9.97 Å². The smallest absolute Gasteiger partial charge is 0.137 e. The van der Waals surface area contributed by atoms with Gasteiger partial charge in [-0.3, -0.25) is 0 Å². The van der Waals surface area contributed by atoms with Crippen LogP contribution in [0.2, 0.25) is 5.15 Å². The van der Waals surface area contributed by atoms with Crippen molar-refractivity contribution in [2.45, 2.75) is 0 Å². The van der Waals surface area contributed by atoms with E-state index in [1.54, 1.807) is 28.9 Å². The number of aromatic nitrogens is 2. The molecule has 0 saturated heterocycles. The van der Waals surface area contributed by atoms with E-state index < -0.39 is 0 Å². The second kappa shape index (κ2) is 4.27. The number of hydrogen-bond acceptors (Lipinski definition) is 4. The Labute approximate surface area is 122 Å². The van der Waals surface area contributed by atoms with E-state index in [1.807, 2.05) is 12.3 Å². The largest absolute Gasteiger partial charge is 0.245 e. The second-order valence-electron chi connectivity index (χ2n) is 4.16. The summed E-state index contributed by atoms with van der Waals surface area (Å²) in [5.74, 6) is 0. The lowest BCUT2D eigenvalue weighted by atomic mass is 10.2. The number of nitrogens with zero attached hydrogens (tertiary/aromatic N) is 2. The van der Waals surface area contributed by atoms with Crippen LogP contribution in [0.15, 0.2) is 42.0 Å². The molecule has 0 aromatic carbocycles. The van der Waals surface area contributed by atoms with Crippen molar-refractivity contribution in [1.82, 2.24) is 9.97 Å². The number of rotatable bonds is 1. The zero-order valence-electron chi connectivity index (χ0n) is 9.63. The summed E-state index contributed by atoms with van der Waals surface area (Å²) >= 11 is 9.49. The molecular formula is C14H7ClN2S2. The quantitative estimate of drug-likeness (QED) is 0.450. The fourth-order valence-corrected chi connectivity index (χ4v) is 4.09. The van der Waals surface area contributed by atoms with E-state index in [0.717, 1.165) is 20.5 Å². The summed E-state index contributed by atoms with van der Waals surface area (Å²) in [7, 11) is 0. The summed E-state index contributed by atoms with van der Waals surface area (Å²) in [5, 5.41) is 4.82. The van der Waals surface area contributed by atoms with Crippen molar-refractivity contribution in [1.29, 1.82) is 0 Å². The van der Waals surface area contributed by atoms with Crippen molar-refractivity contribution in [2.24, 2.45) is 0 Å². The van der Waals surface area contributed by atoms with Gasteiger partial charge in [-0.2, -0.15) is 0 Å². The maximum Gasteiger partial charge on any atom is 0.137 e. The Morgan fingerprint density at radius 1 is 1.11 bits per heavy atom. The van der Waals surface area contributed by atoms with Crippen LogP contribution >= 0.6 is 34.3 Å². The molecule has 2 nitrogen and oxygen atoms in total. The lowest BCUT2D eigenvalue weighted by Gasteiger charge is -1.96. The Morgan fingerprint density at radius 3 is 2.95 bits per heavy atom. The van der Waals surface area contributed by atoms with E-state index >= 15 is 0 Å². The number of halogens is 1. The first kappa shape index (κ1) is 11.3. The highest BCUT2D eigenvalue weighted by Gasteiger charge is 2.08. The molecule has 0 aliphatic carbocycles. The monoisotopic (exact) mass is 302 g/mol. The normalized spacial score (nSPS) is 11.4. The molecule has 0 amide bonds. The van der Waals surface area contributed by atoms with Crippen LogP contribution in [0.3, 0.4) is 0 Å². The summed E-state index contributed by atoms with van der Waals surface area (Å²) in [6, 6.07) is 8.35. The van der Waals surface area contributed by atoms with E-state index in [1.165, 1.54) is 10.3 Å². The van der Waals surface area contributed by atoms with Crippen LogP contribution in [0.1, 0.15) is 0 Å². The highest BCUT2D eigenvalue weighted by Crippen LogP contribution is 2.36. The first-order chi connectivity index (χ1) is 9.31. The van der Waals surface area contributed by atoms with Gasteiger partial charge in [0.05, 0.1) is 0 Å². The predicted molar refractivity (Wildman–Crippen MR) is 83.2 cm³/mol. The molecule has 0 unspecified atom stereocenters. The summed E-state index contributed by atoms with van der Waals surface area (Å²) in [6.07, 6.45) is 3.66. The molecule has 0 fully saturated rings. The first-order valence-electron chi connectivity index (χ1n) is 5.69. The molecule has 0 atom stereocenters. The van der Waals surface area contributed by atoms with Gasteiger partial charge in [-0.1, -0.05) is 11.6 Å². The summed E-state index contributed by atoms with van der Waals surface area (Å²) in [4.78, 5) is 10.8. The Hall–Kier alpha value is -1.49. The van der Waals surface area contributed by atoms with Gasteiger partial charge in [-0.15, -0.1) is 22.7 Å².